The van der Waals surface area contributed by atoms with Crippen molar-refractivity contribution in [3.8, 4) is 0 Å². The summed E-state index contributed by atoms with van der Waals surface area (Å²) in [4.78, 5) is 55.7. The Morgan fingerprint density at radius 1 is 0.492 bits per heavy atom. The van der Waals surface area contributed by atoms with Gasteiger partial charge in [0, 0.05) is 4.90 Å². The maximum absolute atomic E-state index is 14.0. The maximum Gasteiger partial charge on any atom is 0.338 e. The third-order valence-electron chi connectivity index (χ3n) is 9.85. The number of aliphatic hydroxyl groups is 3. The van der Waals surface area contributed by atoms with Crippen LogP contribution in [0.5, 0.6) is 0 Å². The number of aliphatic hydroxyl groups excluding tert-OH is 3. The third kappa shape index (κ3) is 10.7. The Kier molecular flexibility index (Phi) is 14.6. The third-order valence-corrected chi connectivity index (χ3v) is 11.0. The second-order valence-electron chi connectivity index (χ2n) is 14.0. The second kappa shape index (κ2) is 20.6. The van der Waals surface area contributed by atoms with Crippen molar-refractivity contribution >= 4 is 35.6 Å². The molecule has 0 radical (unpaired) electrons. The molecule has 0 aromatic heterocycles. The number of carbonyl (C=O) groups excluding carboxylic acids is 4. The smallest absolute Gasteiger partial charge is 0.338 e. The van der Waals surface area contributed by atoms with E-state index in [2.05, 4.69) is 0 Å². The highest BCUT2D eigenvalue weighted by atomic mass is 32.2. The van der Waals surface area contributed by atoms with Gasteiger partial charge < -0.3 is 48.5 Å². The molecule has 0 saturated carbocycles. The molecular weight excluding hydrogens is 809 g/mol. The van der Waals surface area contributed by atoms with Crippen LogP contribution in [0.15, 0.2) is 157 Å². The van der Waals surface area contributed by atoms with Crippen molar-refractivity contribution in [3.05, 3.63) is 174 Å². The fourth-order valence-electron chi connectivity index (χ4n) is 6.74. The first-order valence-electron chi connectivity index (χ1n) is 19.4. The van der Waals surface area contributed by atoms with E-state index >= 15 is 0 Å². The zero-order chi connectivity index (χ0) is 42.7. The number of carbonyl (C=O) groups is 4. The molecule has 0 amide bonds. The summed E-state index contributed by atoms with van der Waals surface area (Å²) in [5.41, 5.74) is -0.636. The van der Waals surface area contributed by atoms with Gasteiger partial charge >= 0.3 is 23.9 Å². The fraction of sp³-hybridized carbons (Fsp3) is 0.261. The first kappa shape index (κ1) is 43.2. The molecule has 316 valence electrons. The summed E-state index contributed by atoms with van der Waals surface area (Å²) < 4.78 is 42.7. The predicted molar refractivity (Wildman–Crippen MR) is 217 cm³/mol. The molecule has 14 nitrogen and oxygen atoms in total. The monoisotopic (exact) mass is 850 g/mol. The van der Waals surface area contributed by atoms with E-state index in [4.69, 9.17) is 33.2 Å². The molecule has 3 N–H and O–H groups in total. The molecule has 0 bridgehead atoms. The van der Waals surface area contributed by atoms with Crippen LogP contribution in [0, 0.1) is 0 Å². The van der Waals surface area contributed by atoms with Crippen LogP contribution in [0.2, 0.25) is 0 Å². The van der Waals surface area contributed by atoms with Crippen LogP contribution in [0.1, 0.15) is 41.4 Å². The summed E-state index contributed by atoms with van der Waals surface area (Å²) in [5, 5.41) is 33.6. The molecule has 5 aromatic rings. The van der Waals surface area contributed by atoms with Crippen LogP contribution in [0.25, 0.3) is 0 Å². The summed E-state index contributed by atoms with van der Waals surface area (Å²) in [6.07, 6.45) is -14.7. The zero-order valence-electron chi connectivity index (χ0n) is 32.4. The summed E-state index contributed by atoms with van der Waals surface area (Å²) in [5.74, 6) is -3.50. The van der Waals surface area contributed by atoms with Crippen LogP contribution < -0.4 is 0 Å². The lowest BCUT2D eigenvalue weighted by atomic mass is 9.96. The Bertz CT molecular complexity index is 2200. The predicted octanol–water partition coefficient (Wildman–Crippen LogP) is 4.86. The van der Waals surface area contributed by atoms with Crippen molar-refractivity contribution in [3.63, 3.8) is 0 Å². The minimum atomic E-state index is -1.83. The van der Waals surface area contributed by atoms with Gasteiger partial charge in [0.25, 0.3) is 0 Å². The molecule has 15 heteroatoms. The van der Waals surface area contributed by atoms with Crippen LogP contribution >= 0.6 is 11.8 Å². The first-order valence-corrected chi connectivity index (χ1v) is 20.2. The van der Waals surface area contributed by atoms with Crippen molar-refractivity contribution < 1.29 is 67.7 Å². The molecule has 0 spiro atoms. The molecule has 10 atom stereocenters. The van der Waals surface area contributed by atoms with Crippen LogP contribution in [-0.4, -0.2) is 113 Å². The van der Waals surface area contributed by atoms with E-state index in [1.54, 1.807) is 97.1 Å². The molecule has 5 aromatic carbocycles. The first-order chi connectivity index (χ1) is 29.7. The lowest BCUT2D eigenvalue weighted by Gasteiger charge is -2.47. The van der Waals surface area contributed by atoms with E-state index in [0.29, 0.717) is 4.90 Å². The number of hydrogen-bond donors (Lipinski definition) is 3. The van der Waals surface area contributed by atoms with Crippen LogP contribution in [0.4, 0.5) is 0 Å². The molecule has 2 fully saturated rings. The summed E-state index contributed by atoms with van der Waals surface area (Å²) in [6.45, 7) is -1.30. The molecule has 7 rings (SSSR count). The molecule has 2 aliphatic heterocycles. The van der Waals surface area contributed by atoms with Crippen LogP contribution in [0.3, 0.4) is 0 Å². The molecule has 0 aliphatic carbocycles. The summed E-state index contributed by atoms with van der Waals surface area (Å²) >= 11 is 1.10. The fourth-order valence-corrected chi connectivity index (χ4v) is 7.81. The maximum atomic E-state index is 14.0. The lowest BCUT2D eigenvalue weighted by Crippen LogP contribution is -2.66. The lowest BCUT2D eigenvalue weighted by molar-refractivity contribution is -0.335. The Morgan fingerprint density at radius 3 is 1.39 bits per heavy atom. The van der Waals surface area contributed by atoms with E-state index in [-0.39, 0.29) is 22.3 Å². The average Bonchev–Trinajstić information content (AvgIpc) is 3.31. The molecule has 2 heterocycles. The topological polar surface area (TPSA) is 194 Å². The van der Waals surface area contributed by atoms with E-state index in [1.807, 2.05) is 6.07 Å². The average molecular weight is 851 g/mol. The number of rotatable bonds is 14. The highest BCUT2D eigenvalue weighted by Gasteiger charge is 2.56. The van der Waals surface area contributed by atoms with Gasteiger partial charge in [-0.1, -0.05) is 103 Å². The molecule has 0 unspecified atom stereocenters. The van der Waals surface area contributed by atoms with Gasteiger partial charge in [-0.15, -0.1) is 0 Å². The van der Waals surface area contributed by atoms with Gasteiger partial charge in [-0.25, -0.2) is 19.2 Å². The zero-order valence-corrected chi connectivity index (χ0v) is 33.2. The normalized spacial score (nSPS) is 26.0. The van der Waals surface area contributed by atoms with E-state index in [0.717, 1.165) is 11.8 Å². The highest BCUT2D eigenvalue weighted by molar-refractivity contribution is 7.99. The largest absolute Gasteiger partial charge is 0.459 e. The molecule has 2 saturated heterocycles. The van der Waals surface area contributed by atoms with Crippen molar-refractivity contribution in [1.29, 1.82) is 0 Å². The minimum absolute atomic E-state index is 0.0805. The van der Waals surface area contributed by atoms with Gasteiger partial charge in [-0.3, -0.25) is 0 Å². The quantitative estimate of drug-likeness (QED) is 0.101. The summed E-state index contributed by atoms with van der Waals surface area (Å²) in [6, 6.07) is 40.6. The van der Waals surface area contributed by atoms with Crippen molar-refractivity contribution in [2.24, 2.45) is 0 Å². The van der Waals surface area contributed by atoms with Crippen molar-refractivity contribution in [1.82, 2.24) is 0 Å². The Morgan fingerprint density at radius 2 is 0.918 bits per heavy atom. The molecular formula is C46H42O14S. The minimum Gasteiger partial charge on any atom is -0.459 e. The van der Waals surface area contributed by atoms with Gasteiger partial charge in [-0.05, 0) is 60.7 Å². The van der Waals surface area contributed by atoms with E-state index in [1.165, 1.54) is 48.5 Å². The Balaban J connectivity index is 1.30. The van der Waals surface area contributed by atoms with Gasteiger partial charge in [0.05, 0.1) is 28.9 Å². The van der Waals surface area contributed by atoms with Gasteiger partial charge in [0.2, 0.25) is 0 Å². The van der Waals surface area contributed by atoms with E-state index < -0.39 is 97.6 Å². The van der Waals surface area contributed by atoms with Crippen LogP contribution in [-0.2, 0) is 33.2 Å². The van der Waals surface area contributed by atoms with Crippen molar-refractivity contribution in [2.45, 2.75) is 65.5 Å². The highest BCUT2D eigenvalue weighted by Crippen LogP contribution is 2.38. The van der Waals surface area contributed by atoms with Crippen molar-refractivity contribution in [2.75, 3.05) is 13.2 Å². The number of thioether (sulfide) groups is 1. The molecule has 61 heavy (non-hydrogen) atoms. The van der Waals surface area contributed by atoms with Gasteiger partial charge in [-0.2, -0.15) is 0 Å². The molecule has 2 aliphatic rings. The standard InChI is InChI=1S/C46H42O14S/c47-26-33-35(48)38(36(49)46(56-33)61-32-24-14-5-15-25-32)60-45-40(59-44(53)31-22-12-4-13-23-31)39(58-43(52)30-20-10-3-11-21-30)37(57-42(51)29-18-8-2-9-19-29)34(55-45)27-54-41(50)28-16-6-1-7-17-28/h1-25,33-40,45-49H,26-27H2/t33-,34-,35+,36-,37-,38+,39+,40-,45+,46+/m1/s1. The van der Waals surface area contributed by atoms with Gasteiger partial charge in [0.1, 0.15) is 42.6 Å². The number of hydrogen-bond acceptors (Lipinski definition) is 15. The van der Waals surface area contributed by atoms with Gasteiger partial charge in [0.15, 0.2) is 24.6 Å². The summed E-state index contributed by atoms with van der Waals surface area (Å²) in [7, 11) is 0. The number of benzene rings is 5. The number of esters is 4. The Hall–Kier alpha value is -5.91. The second-order valence-corrected chi connectivity index (χ2v) is 15.1. The SMILES string of the molecule is O=C(OC[C@H]1O[C@@H](O[C@H]2[C@@H](O)[C@@H](CO)O[C@@H](Sc3ccccc3)[C@@H]2O)[C@H](OC(=O)c2ccccc2)[C@@H](OC(=O)c2ccccc2)[C@@H]1OC(=O)c1ccccc1)c1ccccc1. The number of ether oxygens (including phenoxy) is 7. The van der Waals surface area contributed by atoms with E-state index in [9.17, 15) is 34.5 Å². The Labute approximate surface area is 354 Å².